The molecule has 1 aliphatic heterocycles. The molecular formula is C17H13NO5. The Morgan fingerprint density at radius 2 is 1.87 bits per heavy atom. The van der Waals surface area contributed by atoms with E-state index in [-0.39, 0.29) is 11.5 Å². The van der Waals surface area contributed by atoms with E-state index in [1.54, 1.807) is 36.4 Å². The molecule has 116 valence electrons. The molecule has 1 heterocycles. The van der Waals surface area contributed by atoms with Crippen LogP contribution in [0.15, 0.2) is 48.5 Å². The van der Waals surface area contributed by atoms with Gasteiger partial charge in [-0.25, -0.2) is 0 Å². The van der Waals surface area contributed by atoms with Crippen LogP contribution in [0.2, 0.25) is 0 Å². The Balaban J connectivity index is 1.78. The van der Waals surface area contributed by atoms with Crippen LogP contribution in [-0.2, 0) is 0 Å². The van der Waals surface area contributed by atoms with Gasteiger partial charge in [0.05, 0.1) is 4.92 Å². The zero-order chi connectivity index (χ0) is 16.2. The average Bonchev–Trinajstić information content (AvgIpc) is 2.59. The van der Waals surface area contributed by atoms with E-state index >= 15 is 0 Å². The summed E-state index contributed by atoms with van der Waals surface area (Å²) in [4.78, 5) is 22.5. The molecule has 0 saturated carbocycles. The Kier molecular flexibility index (Phi) is 4.05. The first-order valence-electron chi connectivity index (χ1n) is 7.00. The number of nitro groups is 1. The molecule has 0 aromatic heterocycles. The van der Waals surface area contributed by atoms with Crippen LogP contribution in [0, 0.1) is 10.1 Å². The van der Waals surface area contributed by atoms with Crippen LogP contribution in [0.25, 0.3) is 6.08 Å². The zero-order valence-corrected chi connectivity index (χ0v) is 12.1. The summed E-state index contributed by atoms with van der Waals surface area (Å²) in [5.74, 6) is 0.954. The number of carbonyl (C=O) groups is 1. The molecule has 2 aromatic rings. The van der Waals surface area contributed by atoms with E-state index in [0.29, 0.717) is 35.8 Å². The maximum absolute atomic E-state index is 12.2. The summed E-state index contributed by atoms with van der Waals surface area (Å²) in [6.07, 6.45) is 2.93. The number of carbonyl (C=O) groups excluding carboxylic acids is 1. The molecule has 0 N–H and O–H groups in total. The van der Waals surface area contributed by atoms with Gasteiger partial charge in [0.15, 0.2) is 17.3 Å². The van der Waals surface area contributed by atoms with E-state index < -0.39 is 4.92 Å². The molecule has 0 amide bonds. The number of fused-ring (bicyclic) bond motifs is 1. The number of hydrogen-bond donors (Lipinski definition) is 0. The van der Waals surface area contributed by atoms with Crippen molar-refractivity contribution in [2.45, 2.75) is 0 Å². The van der Waals surface area contributed by atoms with Crippen LogP contribution in [0.3, 0.4) is 0 Å². The number of ketones is 1. The smallest absolute Gasteiger partial charge is 0.270 e. The van der Waals surface area contributed by atoms with Crippen molar-refractivity contribution in [1.29, 1.82) is 0 Å². The van der Waals surface area contributed by atoms with Crippen molar-refractivity contribution in [3.8, 4) is 11.5 Å². The van der Waals surface area contributed by atoms with Crippen molar-refractivity contribution in [3.05, 3.63) is 69.8 Å². The van der Waals surface area contributed by atoms with Crippen LogP contribution in [0.5, 0.6) is 11.5 Å². The number of non-ortho nitro benzene ring substituents is 1. The highest BCUT2D eigenvalue weighted by Crippen LogP contribution is 2.31. The zero-order valence-electron chi connectivity index (χ0n) is 12.1. The largest absolute Gasteiger partial charge is 0.486 e. The van der Waals surface area contributed by atoms with Crippen molar-refractivity contribution in [2.75, 3.05) is 13.2 Å². The summed E-state index contributed by atoms with van der Waals surface area (Å²) in [6, 6.07) is 11.1. The first-order valence-corrected chi connectivity index (χ1v) is 7.00. The first kappa shape index (κ1) is 14.8. The summed E-state index contributed by atoms with van der Waals surface area (Å²) in [7, 11) is 0. The summed E-state index contributed by atoms with van der Waals surface area (Å²) in [5, 5.41) is 10.7. The second kappa shape index (κ2) is 6.31. The fourth-order valence-electron chi connectivity index (χ4n) is 2.21. The minimum atomic E-state index is -0.472. The second-order valence-electron chi connectivity index (χ2n) is 4.91. The highest BCUT2D eigenvalue weighted by Gasteiger charge is 2.13. The molecule has 0 aliphatic carbocycles. The molecule has 1 aliphatic rings. The third kappa shape index (κ3) is 3.37. The topological polar surface area (TPSA) is 78.7 Å². The van der Waals surface area contributed by atoms with Crippen LogP contribution in [0.4, 0.5) is 5.69 Å². The van der Waals surface area contributed by atoms with Gasteiger partial charge in [0, 0.05) is 17.7 Å². The van der Waals surface area contributed by atoms with Gasteiger partial charge in [-0.2, -0.15) is 0 Å². The normalized spacial score (nSPS) is 13.0. The van der Waals surface area contributed by atoms with Crippen LogP contribution < -0.4 is 9.47 Å². The van der Waals surface area contributed by atoms with Crippen molar-refractivity contribution >= 4 is 17.5 Å². The minimum Gasteiger partial charge on any atom is -0.486 e. The van der Waals surface area contributed by atoms with Crippen LogP contribution >= 0.6 is 0 Å². The molecule has 3 rings (SSSR count). The average molecular weight is 311 g/mol. The molecule has 6 nitrogen and oxygen atoms in total. The molecule has 2 aromatic carbocycles. The van der Waals surface area contributed by atoms with E-state index in [1.807, 2.05) is 0 Å². The van der Waals surface area contributed by atoms with E-state index in [0.717, 1.165) is 0 Å². The third-order valence-electron chi connectivity index (χ3n) is 3.33. The van der Waals surface area contributed by atoms with E-state index in [9.17, 15) is 14.9 Å². The van der Waals surface area contributed by atoms with Crippen LogP contribution in [-0.4, -0.2) is 23.9 Å². The second-order valence-corrected chi connectivity index (χ2v) is 4.91. The maximum atomic E-state index is 12.2. The summed E-state index contributed by atoms with van der Waals surface area (Å²) in [5.41, 5.74) is 1.04. The van der Waals surface area contributed by atoms with Gasteiger partial charge < -0.3 is 9.47 Å². The fourth-order valence-corrected chi connectivity index (χ4v) is 2.21. The van der Waals surface area contributed by atoms with Crippen LogP contribution in [0.1, 0.15) is 15.9 Å². The molecule has 0 saturated heterocycles. The lowest BCUT2D eigenvalue weighted by Gasteiger charge is -2.18. The number of nitro benzene ring substituents is 1. The van der Waals surface area contributed by atoms with Crippen molar-refractivity contribution in [2.24, 2.45) is 0 Å². The fraction of sp³-hybridized carbons (Fsp3) is 0.118. The predicted molar refractivity (Wildman–Crippen MR) is 83.9 cm³/mol. The minimum absolute atomic E-state index is 0.0149. The molecule has 6 heteroatoms. The maximum Gasteiger partial charge on any atom is 0.270 e. The van der Waals surface area contributed by atoms with Gasteiger partial charge >= 0.3 is 0 Å². The van der Waals surface area contributed by atoms with Crippen molar-refractivity contribution in [3.63, 3.8) is 0 Å². The number of nitrogens with zero attached hydrogens (tertiary/aromatic N) is 1. The standard InChI is InChI=1S/C17H13NO5/c19-15(6-4-12-2-1-3-14(10-12)18(20)21)13-5-7-16-17(11-13)23-9-8-22-16/h1-7,10-11H,8-9H2/b6-4-. The molecule has 0 fully saturated rings. The lowest BCUT2D eigenvalue weighted by Crippen LogP contribution is -2.15. The van der Waals surface area contributed by atoms with E-state index in [2.05, 4.69) is 0 Å². The molecule has 23 heavy (non-hydrogen) atoms. The third-order valence-corrected chi connectivity index (χ3v) is 3.33. The van der Waals surface area contributed by atoms with Gasteiger partial charge in [-0.1, -0.05) is 18.2 Å². The van der Waals surface area contributed by atoms with Gasteiger partial charge in [-0.3, -0.25) is 14.9 Å². The SMILES string of the molecule is O=C(/C=C\c1cccc([N+](=O)[O-])c1)c1ccc2c(c1)OCCO2. The van der Waals surface area contributed by atoms with Crippen molar-refractivity contribution in [1.82, 2.24) is 0 Å². The molecule has 0 unspecified atom stereocenters. The summed E-state index contributed by atoms with van der Waals surface area (Å²) >= 11 is 0. The Morgan fingerprint density at radius 1 is 1.09 bits per heavy atom. The van der Waals surface area contributed by atoms with Gasteiger partial charge in [0.25, 0.3) is 5.69 Å². The highest BCUT2D eigenvalue weighted by molar-refractivity contribution is 6.07. The van der Waals surface area contributed by atoms with Gasteiger partial charge in [-0.15, -0.1) is 0 Å². The Hall–Kier alpha value is -3.15. The van der Waals surface area contributed by atoms with E-state index in [1.165, 1.54) is 18.2 Å². The molecular weight excluding hydrogens is 298 g/mol. The molecule has 0 spiro atoms. The lowest BCUT2D eigenvalue weighted by atomic mass is 10.1. The predicted octanol–water partition coefficient (Wildman–Crippen LogP) is 3.26. The molecule has 0 radical (unpaired) electrons. The Bertz CT molecular complexity index is 797. The van der Waals surface area contributed by atoms with Gasteiger partial charge in [-0.05, 0) is 29.8 Å². The van der Waals surface area contributed by atoms with Gasteiger partial charge in [0.1, 0.15) is 13.2 Å². The number of benzene rings is 2. The Morgan fingerprint density at radius 3 is 2.65 bits per heavy atom. The summed E-state index contributed by atoms with van der Waals surface area (Å²) < 4.78 is 10.8. The molecule has 0 atom stereocenters. The van der Waals surface area contributed by atoms with Gasteiger partial charge in [0.2, 0.25) is 0 Å². The van der Waals surface area contributed by atoms with E-state index in [4.69, 9.17) is 9.47 Å². The number of ether oxygens (including phenoxy) is 2. The number of hydrogen-bond acceptors (Lipinski definition) is 5. The number of allylic oxidation sites excluding steroid dienone is 1. The van der Waals surface area contributed by atoms with Crippen molar-refractivity contribution < 1.29 is 19.2 Å². The monoisotopic (exact) mass is 311 g/mol. The Labute approximate surface area is 132 Å². The molecule has 0 bridgehead atoms. The number of rotatable bonds is 4. The highest BCUT2D eigenvalue weighted by atomic mass is 16.6. The quantitative estimate of drug-likeness (QED) is 0.375. The summed E-state index contributed by atoms with van der Waals surface area (Å²) in [6.45, 7) is 0.946. The first-order chi connectivity index (χ1) is 11.1. The lowest BCUT2D eigenvalue weighted by molar-refractivity contribution is -0.384.